The minimum atomic E-state index is -3.67. The van der Waals surface area contributed by atoms with Gasteiger partial charge in [0.05, 0.1) is 49.5 Å². The zero-order chi connectivity index (χ0) is 40.9. The van der Waals surface area contributed by atoms with Crippen LogP contribution < -0.4 is 19.5 Å². The van der Waals surface area contributed by atoms with Crippen molar-refractivity contribution < 1.29 is 40.8 Å². The molecule has 17 heteroatoms. The quantitative estimate of drug-likeness (QED) is 0.123. The van der Waals surface area contributed by atoms with Gasteiger partial charge in [-0.15, -0.1) is 11.3 Å². The Morgan fingerprint density at radius 2 is 1.67 bits per heavy atom. The van der Waals surface area contributed by atoms with Gasteiger partial charge in [0.2, 0.25) is 11.7 Å². The van der Waals surface area contributed by atoms with Crippen molar-refractivity contribution in [2.75, 3.05) is 65.6 Å². The summed E-state index contributed by atoms with van der Waals surface area (Å²) in [4.78, 5) is 24.2. The molecular formula is C40H46ClF2N5O7S2. The molecule has 0 radical (unpaired) electrons. The molecule has 0 spiro atoms. The van der Waals surface area contributed by atoms with E-state index < -0.39 is 27.2 Å². The smallest absolute Gasteiger partial charge is 0.261 e. The number of ether oxygens (including phenoxy) is 3. The maximum Gasteiger partial charge on any atom is 0.261 e. The van der Waals surface area contributed by atoms with Crippen LogP contribution in [0.15, 0.2) is 66.7 Å². The van der Waals surface area contributed by atoms with Gasteiger partial charge in [-0.25, -0.2) is 13.8 Å². The molecular weight excluding hydrogens is 800 g/mol. The van der Waals surface area contributed by atoms with Crippen LogP contribution in [0.4, 0.5) is 14.7 Å². The summed E-state index contributed by atoms with van der Waals surface area (Å²) in [6, 6.07) is 19.8. The second-order valence-corrected chi connectivity index (χ2v) is 17.5. The van der Waals surface area contributed by atoms with Crippen molar-refractivity contribution in [3.05, 3.63) is 98.7 Å². The van der Waals surface area contributed by atoms with Gasteiger partial charge in [-0.2, -0.15) is 8.42 Å². The average Bonchev–Trinajstić information content (AvgIpc) is 3.91. The Kier molecular flexibility index (Phi) is 13.3. The molecule has 306 valence electrons. The lowest BCUT2D eigenvalue weighted by molar-refractivity contribution is 0.0779. The first-order chi connectivity index (χ1) is 27.2. The highest BCUT2D eigenvalue weighted by Gasteiger charge is 2.42. The Morgan fingerprint density at radius 3 is 2.28 bits per heavy atom. The number of piperidine rings is 1. The van der Waals surface area contributed by atoms with Crippen LogP contribution in [0.3, 0.4) is 0 Å². The van der Waals surface area contributed by atoms with Crippen molar-refractivity contribution in [1.82, 2.24) is 19.4 Å². The topological polar surface area (TPSA) is 135 Å². The van der Waals surface area contributed by atoms with Crippen molar-refractivity contribution in [2.45, 2.75) is 43.7 Å². The number of likely N-dealkylation sites (tertiary alicyclic amines) is 2. The van der Waals surface area contributed by atoms with Gasteiger partial charge in [-0.05, 0) is 86.3 Å². The second kappa shape index (κ2) is 18.0. The van der Waals surface area contributed by atoms with Crippen LogP contribution in [-0.2, 0) is 22.1 Å². The maximum absolute atomic E-state index is 14.7. The molecule has 2 aliphatic heterocycles. The van der Waals surface area contributed by atoms with E-state index in [4.69, 9.17) is 35.3 Å². The van der Waals surface area contributed by atoms with Gasteiger partial charge in [-0.3, -0.25) is 9.35 Å². The molecule has 5 aromatic rings. The highest BCUT2D eigenvalue weighted by molar-refractivity contribution is 7.85. The van der Waals surface area contributed by atoms with Gasteiger partial charge in [0.15, 0.2) is 23.1 Å². The molecule has 2 aromatic heterocycles. The normalized spacial score (nSPS) is 17.6. The largest absolute Gasteiger partial charge is 0.493 e. The first-order valence-corrected chi connectivity index (χ1v) is 21.4. The Hall–Kier alpha value is -4.48. The van der Waals surface area contributed by atoms with E-state index in [2.05, 4.69) is 26.9 Å². The van der Waals surface area contributed by atoms with Crippen LogP contribution in [0.1, 0.15) is 46.5 Å². The number of hydrogen-bond donors (Lipinski definition) is 2. The summed E-state index contributed by atoms with van der Waals surface area (Å²) in [5, 5.41) is 3.74. The molecule has 0 saturated carbocycles. The lowest BCUT2D eigenvalue weighted by Gasteiger charge is -2.36. The first-order valence-electron chi connectivity index (χ1n) is 18.4. The molecule has 2 saturated heterocycles. The summed E-state index contributed by atoms with van der Waals surface area (Å²) in [5.41, 5.74) is 2.58. The number of amides is 1. The summed E-state index contributed by atoms with van der Waals surface area (Å²) in [6.07, 6.45) is 3.88. The van der Waals surface area contributed by atoms with E-state index in [1.165, 1.54) is 33.5 Å². The monoisotopic (exact) mass is 845 g/mol. The number of aromatic nitrogens is 2. The van der Waals surface area contributed by atoms with Crippen LogP contribution in [-0.4, -0.2) is 105 Å². The van der Waals surface area contributed by atoms with Crippen LogP contribution in [0.25, 0.3) is 11.0 Å². The molecule has 2 fully saturated rings. The number of anilines is 1. The first kappa shape index (κ1) is 42.1. The number of carbonyl (C=O) groups is 1. The molecule has 0 aliphatic carbocycles. The number of fused-ring (bicyclic) bond motifs is 1. The van der Waals surface area contributed by atoms with Crippen molar-refractivity contribution in [3.8, 4) is 17.2 Å². The van der Waals surface area contributed by atoms with Crippen LogP contribution in [0.5, 0.6) is 17.2 Å². The third-order valence-corrected chi connectivity index (χ3v) is 11.7. The molecule has 2 N–H and O–H groups in total. The Labute approximate surface area is 340 Å². The number of rotatable bonds is 12. The number of hydrogen-bond acceptors (Lipinski definition) is 10. The molecule has 1 amide bonds. The average molecular weight is 846 g/mol. The summed E-state index contributed by atoms with van der Waals surface area (Å²) in [7, 11) is 0.862. The van der Waals surface area contributed by atoms with Gasteiger partial charge in [-0.1, -0.05) is 29.8 Å². The van der Waals surface area contributed by atoms with E-state index in [-0.39, 0.29) is 11.9 Å². The van der Waals surface area contributed by atoms with Crippen LogP contribution >= 0.6 is 22.9 Å². The predicted molar refractivity (Wildman–Crippen MR) is 218 cm³/mol. The number of benzene rings is 3. The fourth-order valence-electron chi connectivity index (χ4n) is 7.64. The van der Waals surface area contributed by atoms with E-state index in [0.29, 0.717) is 67.1 Å². The Bertz CT molecular complexity index is 2280. The molecule has 57 heavy (non-hydrogen) atoms. The Balaban J connectivity index is 0.00000103. The van der Waals surface area contributed by atoms with E-state index in [1.807, 2.05) is 24.3 Å². The molecule has 1 unspecified atom stereocenters. The fraction of sp³-hybridized carbons (Fsp3) is 0.400. The Morgan fingerprint density at radius 1 is 0.982 bits per heavy atom. The van der Waals surface area contributed by atoms with Crippen molar-refractivity contribution in [1.29, 1.82) is 0 Å². The fourth-order valence-corrected chi connectivity index (χ4v) is 8.71. The van der Waals surface area contributed by atoms with Gasteiger partial charge < -0.3 is 33.9 Å². The zero-order valence-corrected chi connectivity index (χ0v) is 34.5. The van der Waals surface area contributed by atoms with Crippen LogP contribution in [0.2, 0.25) is 4.34 Å². The molecule has 1 atom stereocenters. The number of halogens is 3. The summed E-state index contributed by atoms with van der Waals surface area (Å²) < 4.78 is 74.0. The number of nitrogens with zero attached hydrogens (tertiary/aromatic N) is 4. The third-order valence-electron chi connectivity index (χ3n) is 10.5. The zero-order valence-electron chi connectivity index (χ0n) is 32.1. The highest BCUT2D eigenvalue weighted by Crippen LogP contribution is 2.42. The van der Waals surface area contributed by atoms with E-state index in [9.17, 15) is 22.0 Å². The number of nitrogens with one attached hydrogen (secondary N) is 1. The number of imidazole rings is 1. The number of methoxy groups -OCH3 is 3. The second-order valence-electron chi connectivity index (χ2n) is 14.3. The molecule has 3 aromatic carbocycles. The van der Waals surface area contributed by atoms with E-state index in [0.717, 1.165) is 58.7 Å². The number of carbonyl (C=O) groups excluding carboxylic acids is 1. The summed E-state index contributed by atoms with van der Waals surface area (Å²) >= 11 is 7.82. The minimum Gasteiger partial charge on any atom is -0.493 e. The summed E-state index contributed by atoms with van der Waals surface area (Å²) in [5.74, 6) is 0.0714. The van der Waals surface area contributed by atoms with Crippen molar-refractivity contribution in [2.24, 2.45) is 0 Å². The lowest BCUT2D eigenvalue weighted by Crippen LogP contribution is -2.42. The highest BCUT2D eigenvalue weighted by atomic mass is 35.5. The van der Waals surface area contributed by atoms with E-state index >= 15 is 0 Å². The standard InChI is InChI=1S/C39H42ClF2N5O4S.CH4O3S/c1-49-33-20-25(21-34(50-2)36(33)51-3)37(48)46-19-15-39(24-46,26-8-10-29(41)30(42)22-26)14-18-45-16-12-27(13-17-45)43-38-44-31-6-4-5-7-32(31)47(38)23-28-9-11-35(40)52-28;1-5(2,3)4/h4-11,20-22,27H,12-19,23-24H2,1-3H3,(H,43,44);1H3,(H,2,3,4). The van der Waals surface area contributed by atoms with Gasteiger partial charge in [0, 0.05) is 48.1 Å². The van der Waals surface area contributed by atoms with Crippen molar-refractivity contribution in [3.63, 3.8) is 0 Å². The SMILES string of the molecule is COc1cc(C(=O)N2CCC(CCN3CCC(Nc4nc5ccccc5n4Cc4ccc(Cl)s4)CC3)(c3ccc(F)c(F)c3)C2)cc(OC)c1OC.CS(=O)(=O)O. The molecule has 12 nitrogen and oxygen atoms in total. The summed E-state index contributed by atoms with van der Waals surface area (Å²) in [6.45, 7) is 4.04. The van der Waals surface area contributed by atoms with Crippen molar-refractivity contribution >= 4 is 55.9 Å². The van der Waals surface area contributed by atoms with Crippen LogP contribution in [0, 0.1) is 11.6 Å². The molecule has 4 heterocycles. The molecule has 0 bridgehead atoms. The lowest BCUT2D eigenvalue weighted by atomic mass is 9.76. The number of para-hydroxylation sites is 2. The van der Waals surface area contributed by atoms with Gasteiger partial charge in [0.1, 0.15) is 0 Å². The molecule has 7 rings (SSSR count). The number of thiophene rings is 1. The molecule has 2 aliphatic rings. The minimum absolute atomic E-state index is 0.191. The van der Waals surface area contributed by atoms with E-state index in [1.54, 1.807) is 34.4 Å². The maximum atomic E-state index is 14.7. The van der Waals surface area contributed by atoms with Gasteiger partial charge >= 0.3 is 0 Å². The predicted octanol–water partition coefficient (Wildman–Crippen LogP) is 7.36. The van der Waals surface area contributed by atoms with Gasteiger partial charge in [0.25, 0.3) is 16.0 Å². The third kappa shape index (κ3) is 10.2.